The van der Waals surface area contributed by atoms with E-state index in [1.54, 1.807) is 0 Å². The van der Waals surface area contributed by atoms with Crippen LogP contribution in [0.15, 0.2) is 18.3 Å². The van der Waals surface area contributed by atoms with Gasteiger partial charge in [-0.1, -0.05) is 12.8 Å². The summed E-state index contributed by atoms with van der Waals surface area (Å²) in [6.45, 7) is 2.31. The third-order valence-electron chi connectivity index (χ3n) is 3.17. The van der Waals surface area contributed by atoms with Crippen LogP contribution in [0.4, 0.5) is 11.5 Å². The van der Waals surface area contributed by atoms with Crippen molar-refractivity contribution in [2.75, 3.05) is 17.7 Å². The molecule has 0 atom stereocenters. The maximum absolute atomic E-state index is 4.20. The van der Waals surface area contributed by atoms with Gasteiger partial charge < -0.3 is 10.6 Å². The van der Waals surface area contributed by atoms with E-state index in [-0.39, 0.29) is 5.54 Å². The van der Waals surface area contributed by atoms with Crippen LogP contribution in [0.3, 0.4) is 0 Å². The average molecular weight is 205 g/mol. The van der Waals surface area contributed by atoms with Crippen molar-refractivity contribution >= 4 is 11.5 Å². The first-order valence-electron chi connectivity index (χ1n) is 5.64. The van der Waals surface area contributed by atoms with E-state index in [1.807, 2.05) is 19.3 Å². The molecule has 1 heterocycles. The standard InChI is InChI=1S/C12H19N3/c1-12(6-3-4-7-12)15-10-5-8-14-11(9-10)13-2/h5,8-9H,3-4,6-7H2,1-2H3,(H2,13,14,15). The molecule has 1 aliphatic carbocycles. The molecule has 1 aromatic heterocycles. The van der Waals surface area contributed by atoms with Crippen molar-refractivity contribution in [1.29, 1.82) is 0 Å². The third kappa shape index (κ3) is 2.41. The molecule has 1 aromatic rings. The summed E-state index contributed by atoms with van der Waals surface area (Å²) in [6, 6.07) is 4.09. The summed E-state index contributed by atoms with van der Waals surface area (Å²) < 4.78 is 0. The summed E-state index contributed by atoms with van der Waals surface area (Å²) in [5.74, 6) is 0.918. The Hall–Kier alpha value is -1.25. The summed E-state index contributed by atoms with van der Waals surface area (Å²) >= 11 is 0. The molecule has 0 bridgehead atoms. The molecule has 0 aromatic carbocycles. The predicted molar refractivity (Wildman–Crippen MR) is 64.3 cm³/mol. The summed E-state index contributed by atoms with van der Waals surface area (Å²) in [5.41, 5.74) is 1.45. The monoisotopic (exact) mass is 205 g/mol. The molecule has 82 valence electrons. The van der Waals surface area contributed by atoms with Gasteiger partial charge in [0.25, 0.3) is 0 Å². The number of anilines is 2. The molecule has 0 amide bonds. The fraction of sp³-hybridized carbons (Fsp3) is 0.583. The zero-order valence-corrected chi connectivity index (χ0v) is 9.51. The van der Waals surface area contributed by atoms with Gasteiger partial charge in [-0.2, -0.15) is 0 Å². The van der Waals surface area contributed by atoms with Crippen LogP contribution in [-0.4, -0.2) is 17.6 Å². The molecular formula is C12H19N3. The molecule has 1 aliphatic rings. The van der Waals surface area contributed by atoms with Gasteiger partial charge in [-0.3, -0.25) is 0 Å². The van der Waals surface area contributed by atoms with Crippen molar-refractivity contribution in [3.63, 3.8) is 0 Å². The lowest BCUT2D eigenvalue weighted by molar-refractivity contribution is 0.533. The van der Waals surface area contributed by atoms with Crippen molar-refractivity contribution in [2.45, 2.75) is 38.1 Å². The van der Waals surface area contributed by atoms with E-state index in [0.29, 0.717) is 0 Å². The second kappa shape index (κ2) is 4.09. The van der Waals surface area contributed by atoms with E-state index >= 15 is 0 Å². The Labute approximate surface area is 91.3 Å². The molecule has 2 N–H and O–H groups in total. The molecule has 1 saturated carbocycles. The maximum atomic E-state index is 4.20. The molecule has 0 spiro atoms. The van der Waals surface area contributed by atoms with Crippen molar-refractivity contribution in [2.24, 2.45) is 0 Å². The van der Waals surface area contributed by atoms with Gasteiger partial charge in [0.05, 0.1) is 0 Å². The first-order chi connectivity index (χ1) is 7.22. The van der Waals surface area contributed by atoms with Gasteiger partial charge >= 0.3 is 0 Å². The number of rotatable bonds is 3. The lowest BCUT2D eigenvalue weighted by Gasteiger charge is -2.26. The second-order valence-corrected chi connectivity index (χ2v) is 4.57. The molecule has 1 fully saturated rings. The zero-order chi connectivity index (χ0) is 10.7. The minimum absolute atomic E-state index is 0.284. The van der Waals surface area contributed by atoms with Gasteiger partial charge in [0, 0.05) is 30.5 Å². The Morgan fingerprint density at radius 2 is 2.07 bits per heavy atom. The van der Waals surface area contributed by atoms with E-state index in [9.17, 15) is 0 Å². The zero-order valence-electron chi connectivity index (χ0n) is 9.51. The molecule has 15 heavy (non-hydrogen) atoms. The van der Waals surface area contributed by atoms with Crippen molar-refractivity contribution in [3.8, 4) is 0 Å². The van der Waals surface area contributed by atoms with Crippen LogP contribution in [0.1, 0.15) is 32.6 Å². The molecule has 3 heteroatoms. The van der Waals surface area contributed by atoms with Crippen LogP contribution in [0.2, 0.25) is 0 Å². The maximum Gasteiger partial charge on any atom is 0.127 e. The Morgan fingerprint density at radius 3 is 2.73 bits per heavy atom. The molecule has 2 rings (SSSR count). The van der Waals surface area contributed by atoms with Crippen molar-refractivity contribution in [1.82, 2.24) is 4.98 Å². The molecule has 0 radical (unpaired) electrons. The van der Waals surface area contributed by atoms with Crippen LogP contribution in [0, 0.1) is 0 Å². The van der Waals surface area contributed by atoms with E-state index in [1.165, 1.54) is 31.4 Å². The smallest absolute Gasteiger partial charge is 0.127 e. The van der Waals surface area contributed by atoms with E-state index in [2.05, 4.69) is 28.6 Å². The van der Waals surface area contributed by atoms with E-state index < -0.39 is 0 Å². The second-order valence-electron chi connectivity index (χ2n) is 4.57. The first kappa shape index (κ1) is 10.3. The Bertz CT molecular complexity index is 329. The van der Waals surface area contributed by atoms with E-state index in [0.717, 1.165) is 5.82 Å². The molecular weight excluding hydrogens is 186 g/mol. The summed E-state index contributed by atoms with van der Waals surface area (Å²) in [6.07, 6.45) is 7.06. The van der Waals surface area contributed by atoms with Gasteiger partial charge in [-0.15, -0.1) is 0 Å². The van der Waals surface area contributed by atoms with Gasteiger partial charge in [-0.25, -0.2) is 4.98 Å². The highest BCUT2D eigenvalue weighted by Crippen LogP contribution is 2.32. The summed E-state index contributed by atoms with van der Waals surface area (Å²) in [4.78, 5) is 4.20. The number of aromatic nitrogens is 1. The number of hydrogen-bond acceptors (Lipinski definition) is 3. The van der Waals surface area contributed by atoms with Gasteiger partial charge in [0.15, 0.2) is 0 Å². The van der Waals surface area contributed by atoms with Crippen LogP contribution >= 0.6 is 0 Å². The molecule has 0 saturated heterocycles. The number of nitrogens with zero attached hydrogens (tertiary/aromatic N) is 1. The molecule has 0 unspecified atom stereocenters. The number of nitrogens with one attached hydrogen (secondary N) is 2. The highest BCUT2D eigenvalue weighted by Gasteiger charge is 2.28. The highest BCUT2D eigenvalue weighted by molar-refractivity contribution is 5.53. The predicted octanol–water partition coefficient (Wildman–Crippen LogP) is 2.87. The van der Waals surface area contributed by atoms with Crippen molar-refractivity contribution in [3.05, 3.63) is 18.3 Å². The van der Waals surface area contributed by atoms with Crippen molar-refractivity contribution < 1.29 is 0 Å². The van der Waals surface area contributed by atoms with Crippen LogP contribution < -0.4 is 10.6 Å². The molecule has 0 aliphatic heterocycles. The Balaban J connectivity index is 2.09. The van der Waals surface area contributed by atoms with Gasteiger partial charge in [-0.05, 0) is 25.8 Å². The quantitative estimate of drug-likeness (QED) is 0.796. The van der Waals surface area contributed by atoms with Crippen LogP contribution in [0.25, 0.3) is 0 Å². The topological polar surface area (TPSA) is 37.0 Å². The lowest BCUT2D eigenvalue weighted by atomic mass is 10.0. The Kier molecular flexibility index (Phi) is 2.80. The molecule has 3 nitrogen and oxygen atoms in total. The minimum atomic E-state index is 0.284. The summed E-state index contributed by atoms with van der Waals surface area (Å²) in [7, 11) is 1.89. The average Bonchev–Trinajstić information content (AvgIpc) is 2.65. The SMILES string of the molecule is CNc1cc(NC2(C)CCCC2)ccn1. The fourth-order valence-electron chi connectivity index (χ4n) is 2.27. The normalized spacial score (nSPS) is 18.8. The highest BCUT2D eigenvalue weighted by atomic mass is 15.0. The first-order valence-corrected chi connectivity index (χ1v) is 5.64. The summed E-state index contributed by atoms with van der Waals surface area (Å²) in [5, 5.41) is 6.67. The largest absolute Gasteiger partial charge is 0.380 e. The fourth-order valence-corrected chi connectivity index (χ4v) is 2.27. The third-order valence-corrected chi connectivity index (χ3v) is 3.17. The number of pyridine rings is 1. The lowest BCUT2D eigenvalue weighted by Crippen LogP contribution is -2.30. The number of hydrogen-bond donors (Lipinski definition) is 2. The van der Waals surface area contributed by atoms with Gasteiger partial charge in [0.2, 0.25) is 0 Å². The van der Waals surface area contributed by atoms with Crippen LogP contribution in [-0.2, 0) is 0 Å². The Morgan fingerprint density at radius 1 is 1.33 bits per heavy atom. The minimum Gasteiger partial charge on any atom is -0.380 e. The van der Waals surface area contributed by atoms with Gasteiger partial charge in [0.1, 0.15) is 5.82 Å². The van der Waals surface area contributed by atoms with Crippen LogP contribution in [0.5, 0.6) is 0 Å². The van der Waals surface area contributed by atoms with E-state index in [4.69, 9.17) is 0 Å².